The van der Waals surface area contributed by atoms with Gasteiger partial charge in [0.1, 0.15) is 0 Å². The number of ether oxygens (including phenoxy) is 1. The Morgan fingerprint density at radius 2 is 1.93 bits per heavy atom. The van der Waals surface area contributed by atoms with Crippen LogP contribution in [0.25, 0.3) is 17.2 Å². The Hall–Kier alpha value is -2.41. The Morgan fingerprint density at radius 1 is 1.25 bits per heavy atom. The molecule has 2 aromatic carbocycles. The second kappa shape index (κ2) is 10.2. The molecule has 0 bridgehead atoms. The van der Waals surface area contributed by atoms with E-state index in [0.29, 0.717) is 24.2 Å². The Bertz CT molecular complexity index is 951. The Kier molecular flexibility index (Phi) is 8.62. The number of nitrogens with zero attached hydrogens (tertiary/aromatic N) is 2. The fraction of sp³-hybridized carbons (Fsp3) is 0.125. The number of aryl methyl sites for hydroxylation is 1. The number of benzene rings is 2. The average Bonchev–Trinajstić information content (AvgIpc) is 2.99. The van der Waals surface area contributed by atoms with E-state index >= 15 is 0 Å². The number of aromatic nitrogens is 2. The average molecular weight is 588 g/mol. The molecular formula is C16H14F3N5O2OsS-2. The summed E-state index contributed by atoms with van der Waals surface area (Å²) in [7, 11) is 1.83. The summed E-state index contributed by atoms with van der Waals surface area (Å²) in [5.74, 6) is -0.394. The van der Waals surface area contributed by atoms with Crippen molar-refractivity contribution < 1.29 is 40.0 Å². The maximum absolute atomic E-state index is 12.5. The van der Waals surface area contributed by atoms with Crippen molar-refractivity contribution in [1.29, 1.82) is 0 Å². The molecule has 0 saturated carbocycles. The zero-order valence-corrected chi connectivity index (χ0v) is 17.6. The van der Waals surface area contributed by atoms with E-state index in [2.05, 4.69) is 26.4 Å². The molecule has 0 amide bonds. The van der Waals surface area contributed by atoms with Crippen LogP contribution in [0.15, 0.2) is 42.7 Å². The number of rotatable bonds is 3. The zero-order chi connectivity index (χ0) is 20.0. The van der Waals surface area contributed by atoms with Crippen molar-refractivity contribution >= 4 is 39.7 Å². The van der Waals surface area contributed by atoms with Crippen LogP contribution in [0.2, 0.25) is 0 Å². The SMILES string of the molecule is Cn1cnc2cccc(NC(=S)Nc3c[c-]ccc3OC(F)(F)F)c21.[NH2-].[O]=[Os]. The van der Waals surface area contributed by atoms with Crippen LogP contribution in [0.5, 0.6) is 5.75 Å². The summed E-state index contributed by atoms with van der Waals surface area (Å²) >= 11 is 5.81. The first-order chi connectivity index (χ1) is 12.8. The molecule has 0 aliphatic heterocycles. The van der Waals surface area contributed by atoms with Gasteiger partial charge in [0, 0.05) is 12.8 Å². The number of hydrogen-bond acceptors (Lipinski definition) is 4. The van der Waals surface area contributed by atoms with Gasteiger partial charge in [0.15, 0.2) is 5.11 Å². The van der Waals surface area contributed by atoms with E-state index in [1.54, 1.807) is 18.5 Å². The molecule has 12 heteroatoms. The molecule has 1 heterocycles. The summed E-state index contributed by atoms with van der Waals surface area (Å²) in [5, 5.41) is 5.76. The van der Waals surface area contributed by atoms with E-state index < -0.39 is 12.1 Å². The number of imidazole rings is 1. The van der Waals surface area contributed by atoms with Crippen LogP contribution in [0.3, 0.4) is 0 Å². The monoisotopic (exact) mass is 589 g/mol. The molecule has 0 spiro atoms. The molecular weight excluding hydrogens is 574 g/mol. The van der Waals surface area contributed by atoms with Crippen LogP contribution >= 0.6 is 12.2 Å². The molecule has 0 radical (unpaired) electrons. The first-order valence-corrected chi connectivity index (χ1v) is 8.66. The Balaban J connectivity index is 0.00000127. The van der Waals surface area contributed by atoms with Crippen molar-refractivity contribution in [2.45, 2.75) is 6.36 Å². The van der Waals surface area contributed by atoms with E-state index in [0.717, 1.165) is 17.1 Å². The van der Waals surface area contributed by atoms with Gasteiger partial charge in [-0.1, -0.05) is 6.07 Å². The second-order valence-corrected chi connectivity index (χ2v) is 5.49. The Morgan fingerprint density at radius 3 is 2.61 bits per heavy atom. The normalized spacial score (nSPS) is 10.3. The number of para-hydroxylation sites is 1. The molecule has 28 heavy (non-hydrogen) atoms. The zero-order valence-electron chi connectivity index (χ0n) is 14.2. The third-order valence-electron chi connectivity index (χ3n) is 3.28. The van der Waals surface area contributed by atoms with Gasteiger partial charge in [-0.2, -0.15) is 18.2 Å². The van der Waals surface area contributed by atoms with Crippen molar-refractivity contribution in [2.24, 2.45) is 7.05 Å². The van der Waals surface area contributed by atoms with Gasteiger partial charge in [-0.3, -0.25) is 0 Å². The predicted octanol–water partition coefficient (Wildman–Crippen LogP) is 4.68. The molecule has 0 unspecified atom stereocenters. The van der Waals surface area contributed by atoms with E-state index in [-0.39, 0.29) is 17.0 Å². The number of halogens is 3. The third kappa shape index (κ3) is 6.05. The van der Waals surface area contributed by atoms with Gasteiger partial charge < -0.3 is 26.1 Å². The van der Waals surface area contributed by atoms with Crippen LogP contribution in [0.4, 0.5) is 24.5 Å². The number of alkyl halides is 3. The molecule has 7 nitrogen and oxygen atoms in total. The van der Waals surface area contributed by atoms with Gasteiger partial charge in [0.25, 0.3) is 0 Å². The van der Waals surface area contributed by atoms with E-state index in [1.807, 2.05) is 17.7 Å². The molecule has 0 aliphatic carbocycles. The number of anilines is 2. The number of thiocarbonyl (C=S) groups is 1. The van der Waals surface area contributed by atoms with Gasteiger partial charge in [0.2, 0.25) is 0 Å². The van der Waals surface area contributed by atoms with Gasteiger partial charge >= 0.3 is 28.5 Å². The van der Waals surface area contributed by atoms with E-state index in [1.165, 1.54) is 12.1 Å². The van der Waals surface area contributed by atoms with Crippen molar-refractivity contribution in [3.8, 4) is 5.75 Å². The third-order valence-corrected chi connectivity index (χ3v) is 3.49. The molecule has 3 rings (SSSR count). The van der Waals surface area contributed by atoms with Crippen molar-refractivity contribution in [1.82, 2.24) is 9.55 Å². The van der Waals surface area contributed by atoms with Crippen LogP contribution in [-0.2, 0) is 29.1 Å². The number of fused-ring (bicyclic) bond motifs is 1. The van der Waals surface area contributed by atoms with Gasteiger partial charge in [-0.15, -0.1) is 19.2 Å². The maximum atomic E-state index is 12.5. The molecule has 0 aliphatic rings. The summed E-state index contributed by atoms with van der Waals surface area (Å²) in [6.45, 7) is 0. The quantitative estimate of drug-likeness (QED) is 0.341. The van der Waals surface area contributed by atoms with E-state index in [4.69, 9.17) is 15.8 Å². The molecule has 0 fully saturated rings. The minimum absolute atomic E-state index is 0. The first kappa shape index (κ1) is 23.6. The first-order valence-electron chi connectivity index (χ1n) is 7.22. The second-order valence-electron chi connectivity index (χ2n) is 5.08. The topological polar surface area (TPSA) is 102 Å². The standard InChI is InChI=1S/C16H12F3N4OS.H2N.O.Os/c1-23-9-20-11-6-4-7-12(14(11)23)22-15(25)21-10-5-2-3-8-13(10)24-16(17,18)19;;;/h3-9H,1H3,(H2,21,22,25);1H2;;/q2*-1;;. The molecule has 4 N–H and O–H groups in total. The summed E-state index contributed by atoms with van der Waals surface area (Å²) in [6.07, 6.45) is -3.14. The summed E-state index contributed by atoms with van der Waals surface area (Å²) < 4.78 is 51.5. The molecule has 0 atom stereocenters. The van der Waals surface area contributed by atoms with Gasteiger partial charge in [0.05, 0.1) is 23.0 Å². The molecule has 3 aromatic rings. The van der Waals surface area contributed by atoms with Crippen LogP contribution in [-0.4, -0.2) is 21.0 Å². The van der Waals surface area contributed by atoms with Crippen molar-refractivity contribution in [3.63, 3.8) is 0 Å². The van der Waals surface area contributed by atoms with Crippen LogP contribution in [0, 0.1) is 6.07 Å². The fourth-order valence-electron chi connectivity index (χ4n) is 2.32. The van der Waals surface area contributed by atoms with Gasteiger partial charge in [-0.25, -0.2) is 4.98 Å². The van der Waals surface area contributed by atoms with Gasteiger partial charge in [-0.05, 0) is 30.0 Å². The van der Waals surface area contributed by atoms with Crippen molar-refractivity contribution in [2.75, 3.05) is 10.6 Å². The van der Waals surface area contributed by atoms with Crippen molar-refractivity contribution in [3.05, 3.63) is 54.9 Å². The molecule has 152 valence electrons. The number of nitrogens with one attached hydrogen (secondary N) is 2. The Labute approximate surface area is 174 Å². The molecule has 0 saturated heterocycles. The van der Waals surface area contributed by atoms with Crippen LogP contribution < -0.4 is 15.4 Å². The summed E-state index contributed by atoms with van der Waals surface area (Å²) in [4.78, 5) is 4.23. The fourth-order valence-corrected chi connectivity index (χ4v) is 2.54. The number of hydrogen-bond donors (Lipinski definition) is 2. The predicted molar refractivity (Wildman–Crippen MR) is 98.5 cm³/mol. The van der Waals surface area contributed by atoms with Crippen LogP contribution in [0.1, 0.15) is 0 Å². The van der Waals surface area contributed by atoms with E-state index in [9.17, 15) is 13.2 Å². The summed E-state index contributed by atoms with van der Waals surface area (Å²) in [5.41, 5.74) is 2.31. The summed E-state index contributed by atoms with van der Waals surface area (Å²) in [6, 6.07) is 11.9. The minimum atomic E-state index is -4.80. The number of nitrogens with two attached hydrogens (primary N) is 1. The molecule has 1 aromatic heterocycles.